The first kappa shape index (κ1) is 17.1. The van der Waals surface area contributed by atoms with Gasteiger partial charge >= 0.3 is 0 Å². The highest BCUT2D eigenvalue weighted by atomic mass is 79.9. The van der Waals surface area contributed by atoms with Crippen LogP contribution in [0.5, 0.6) is 0 Å². The maximum absolute atomic E-state index is 6.45. The SMILES string of the molecule is Clc1ccc(N2N=C(c3ccc(Br)cc3)CC2c2cccs2)c(Cl)c1. The second-order valence-corrected chi connectivity index (χ2v) is 8.47. The molecule has 1 aliphatic heterocycles. The van der Waals surface area contributed by atoms with Crippen LogP contribution in [0.2, 0.25) is 10.0 Å². The van der Waals surface area contributed by atoms with Crippen molar-refractivity contribution < 1.29 is 0 Å². The van der Waals surface area contributed by atoms with Crippen molar-refractivity contribution in [3.05, 3.63) is 84.9 Å². The number of thiophene rings is 1. The van der Waals surface area contributed by atoms with Gasteiger partial charge < -0.3 is 0 Å². The lowest BCUT2D eigenvalue weighted by molar-refractivity contribution is 0.722. The minimum Gasteiger partial charge on any atom is -0.255 e. The second kappa shape index (κ2) is 7.12. The molecule has 0 aliphatic carbocycles. The number of hydrogen-bond donors (Lipinski definition) is 0. The van der Waals surface area contributed by atoms with Gasteiger partial charge in [-0.1, -0.05) is 57.3 Å². The van der Waals surface area contributed by atoms with Gasteiger partial charge in [0.2, 0.25) is 0 Å². The van der Waals surface area contributed by atoms with Crippen LogP contribution < -0.4 is 5.01 Å². The fourth-order valence-corrected chi connectivity index (χ4v) is 4.49. The molecule has 1 aliphatic rings. The maximum Gasteiger partial charge on any atom is 0.0924 e. The van der Waals surface area contributed by atoms with Crippen LogP contribution in [0.4, 0.5) is 5.69 Å². The molecule has 0 radical (unpaired) electrons. The first-order chi connectivity index (χ1) is 12.1. The van der Waals surface area contributed by atoms with E-state index in [0.717, 1.165) is 27.9 Å². The van der Waals surface area contributed by atoms with Crippen molar-refractivity contribution >= 4 is 61.9 Å². The zero-order valence-corrected chi connectivity index (χ0v) is 16.9. The quantitative estimate of drug-likeness (QED) is 0.411. The smallest absolute Gasteiger partial charge is 0.0924 e. The standard InChI is InChI=1S/C19H13BrCl2N2S/c20-13-5-3-12(4-6-13)16-11-18(19-2-1-9-25-19)24(23-16)17-8-7-14(21)10-15(17)22/h1-10,18H,11H2. The molecule has 0 saturated carbocycles. The summed E-state index contributed by atoms with van der Waals surface area (Å²) in [6, 6.07) is 18.1. The molecule has 2 heterocycles. The first-order valence-corrected chi connectivity index (χ1v) is 10.2. The second-order valence-electron chi connectivity index (χ2n) is 5.73. The number of anilines is 1. The fourth-order valence-electron chi connectivity index (χ4n) is 2.92. The molecule has 126 valence electrons. The van der Waals surface area contributed by atoms with Crippen molar-refractivity contribution in [3.8, 4) is 0 Å². The Kier molecular flexibility index (Phi) is 4.87. The Bertz CT molecular complexity index is 923. The summed E-state index contributed by atoms with van der Waals surface area (Å²) in [7, 11) is 0. The monoisotopic (exact) mass is 450 g/mol. The van der Waals surface area contributed by atoms with Crippen LogP contribution >= 0.6 is 50.5 Å². The van der Waals surface area contributed by atoms with Crippen LogP contribution in [0, 0.1) is 0 Å². The van der Waals surface area contributed by atoms with E-state index in [0.29, 0.717) is 10.0 Å². The summed E-state index contributed by atoms with van der Waals surface area (Å²) in [4.78, 5) is 1.27. The molecule has 6 heteroatoms. The molecular formula is C19H13BrCl2N2S. The van der Waals surface area contributed by atoms with Crippen LogP contribution in [-0.4, -0.2) is 5.71 Å². The van der Waals surface area contributed by atoms with Gasteiger partial charge in [0.15, 0.2) is 0 Å². The Labute approximate surface area is 168 Å². The molecule has 0 bridgehead atoms. The largest absolute Gasteiger partial charge is 0.255 e. The molecule has 0 amide bonds. The summed E-state index contributed by atoms with van der Waals surface area (Å²) >= 11 is 17.7. The lowest BCUT2D eigenvalue weighted by Gasteiger charge is -2.23. The minimum atomic E-state index is 0.136. The predicted molar refractivity (Wildman–Crippen MR) is 111 cm³/mol. The van der Waals surface area contributed by atoms with E-state index >= 15 is 0 Å². The Morgan fingerprint density at radius 1 is 1.08 bits per heavy atom. The molecule has 0 saturated heterocycles. The lowest BCUT2D eigenvalue weighted by Crippen LogP contribution is -2.17. The lowest BCUT2D eigenvalue weighted by atomic mass is 10.0. The average molecular weight is 452 g/mol. The van der Waals surface area contributed by atoms with Crippen LogP contribution in [0.1, 0.15) is 22.9 Å². The normalized spacial score (nSPS) is 17.0. The van der Waals surface area contributed by atoms with Crippen molar-refractivity contribution in [3.63, 3.8) is 0 Å². The molecule has 1 aromatic heterocycles. The van der Waals surface area contributed by atoms with Crippen LogP contribution in [0.3, 0.4) is 0 Å². The molecule has 1 unspecified atom stereocenters. The number of benzene rings is 2. The third-order valence-electron chi connectivity index (χ3n) is 4.12. The van der Waals surface area contributed by atoms with Gasteiger partial charge in [-0.15, -0.1) is 11.3 Å². The number of halogens is 3. The summed E-state index contributed by atoms with van der Waals surface area (Å²) in [6.45, 7) is 0. The van der Waals surface area contributed by atoms with E-state index in [9.17, 15) is 0 Å². The molecule has 0 N–H and O–H groups in total. The summed E-state index contributed by atoms with van der Waals surface area (Å²) in [5.41, 5.74) is 3.05. The van der Waals surface area contributed by atoms with E-state index in [4.69, 9.17) is 28.3 Å². The van der Waals surface area contributed by atoms with E-state index in [1.54, 1.807) is 17.4 Å². The van der Waals surface area contributed by atoms with Crippen molar-refractivity contribution in [2.75, 3.05) is 5.01 Å². The third-order valence-corrected chi connectivity index (χ3v) is 6.16. The fraction of sp³-hybridized carbons (Fsp3) is 0.105. The third kappa shape index (κ3) is 3.49. The van der Waals surface area contributed by atoms with Gasteiger partial charge in [0.1, 0.15) is 0 Å². The number of rotatable bonds is 3. The molecule has 2 nitrogen and oxygen atoms in total. The molecule has 1 atom stereocenters. The molecule has 3 aromatic rings. The van der Waals surface area contributed by atoms with Gasteiger partial charge in [0.25, 0.3) is 0 Å². The topological polar surface area (TPSA) is 15.6 Å². The zero-order chi connectivity index (χ0) is 17.4. The van der Waals surface area contributed by atoms with Crippen molar-refractivity contribution in [2.45, 2.75) is 12.5 Å². The van der Waals surface area contributed by atoms with E-state index < -0.39 is 0 Å². The minimum absolute atomic E-state index is 0.136. The van der Waals surface area contributed by atoms with Crippen LogP contribution in [0.25, 0.3) is 0 Å². The Morgan fingerprint density at radius 2 is 1.88 bits per heavy atom. The van der Waals surface area contributed by atoms with Gasteiger partial charge in [0, 0.05) is 20.8 Å². The maximum atomic E-state index is 6.45. The van der Waals surface area contributed by atoms with Crippen molar-refractivity contribution in [1.82, 2.24) is 0 Å². The van der Waals surface area contributed by atoms with Crippen LogP contribution in [-0.2, 0) is 0 Å². The molecule has 0 fully saturated rings. The van der Waals surface area contributed by atoms with Gasteiger partial charge in [-0.25, -0.2) is 0 Å². The average Bonchev–Trinajstić information content (AvgIpc) is 3.24. The van der Waals surface area contributed by atoms with Crippen molar-refractivity contribution in [1.29, 1.82) is 0 Å². The highest BCUT2D eigenvalue weighted by Crippen LogP contribution is 2.41. The number of hydrazone groups is 1. The summed E-state index contributed by atoms with van der Waals surface area (Å²) in [5, 5.41) is 10.2. The molecule has 0 spiro atoms. The van der Waals surface area contributed by atoms with E-state index in [1.807, 2.05) is 29.3 Å². The van der Waals surface area contributed by atoms with Crippen LogP contribution in [0.15, 0.2) is 69.6 Å². The highest BCUT2D eigenvalue weighted by Gasteiger charge is 2.31. The Balaban J connectivity index is 1.77. The summed E-state index contributed by atoms with van der Waals surface area (Å²) < 4.78 is 1.06. The van der Waals surface area contributed by atoms with Gasteiger partial charge in [-0.2, -0.15) is 5.10 Å². The predicted octanol–water partition coefficient (Wildman–Crippen LogP) is 7.17. The molecule has 4 rings (SSSR count). The van der Waals surface area contributed by atoms with E-state index in [-0.39, 0.29) is 6.04 Å². The molecular weight excluding hydrogens is 439 g/mol. The van der Waals surface area contributed by atoms with E-state index in [1.165, 1.54) is 4.88 Å². The molecule has 2 aromatic carbocycles. The zero-order valence-electron chi connectivity index (χ0n) is 13.0. The van der Waals surface area contributed by atoms with Gasteiger partial charge in [-0.05, 0) is 47.3 Å². The summed E-state index contributed by atoms with van der Waals surface area (Å²) in [6.07, 6.45) is 0.834. The van der Waals surface area contributed by atoms with E-state index in [2.05, 4.69) is 45.6 Å². The molecule has 25 heavy (non-hydrogen) atoms. The number of hydrogen-bond acceptors (Lipinski definition) is 3. The Hall–Kier alpha value is -1.33. The summed E-state index contributed by atoms with van der Waals surface area (Å²) in [5.74, 6) is 0. The first-order valence-electron chi connectivity index (χ1n) is 7.73. The Morgan fingerprint density at radius 3 is 2.56 bits per heavy atom. The van der Waals surface area contributed by atoms with Gasteiger partial charge in [-0.3, -0.25) is 5.01 Å². The number of nitrogens with zero attached hydrogens (tertiary/aromatic N) is 2. The van der Waals surface area contributed by atoms with Crippen molar-refractivity contribution in [2.24, 2.45) is 5.10 Å². The highest BCUT2D eigenvalue weighted by molar-refractivity contribution is 9.10. The van der Waals surface area contributed by atoms with Gasteiger partial charge in [0.05, 0.1) is 22.5 Å².